The average molecular weight is 332 g/mol. The Morgan fingerprint density at radius 1 is 1.06 bits per heavy atom. The SMILES string of the molecule is Clc1ccc(COC2CCCCCCC2Br)cc1. The van der Waals surface area contributed by atoms with Crippen molar-refractivity contribution in [1.82, 2.24) is 0 Å². The van der Waals surface area contributed by atoms with Gasteiger partial charge in [0.2, 0.25) is 0 Å². The van der Waals surface area contributed by atoms with E-state index in [1.54, 1.807) is 0 Å². The lowest BCUT2D eigenvalue weighted by atomic mass is 9.98. The molecule has 2 atom stereocenters. The zero-order valence-corrected chi connectivity index (χ0v) is 12.9. The van der Waals surface area contributed by atoms with Gasteiger partial charge in [0.05, 0.1) is 12.7 Å². The van der Waals surface area contributed by atoms with Crippen molar-refractivity contribution in [2.45, 2.75) is 56.1 Å². The molecule has 0 aliphatic heterocycles. The highest BCUT2D eigenvalue weighted by Gasteiger charge is 2.20. The van der Waals surface area contributed by atoms with Crippen molar-refractivity contribution >= 4 is 27.5 Å². The molecule has 0 aromatic heterocycles. The number of hydrogen-bond donors (Lipinski definition) is 0. The van der Waals surface area contributed by atoms with Crippen LogP contribution in [0.2, 0.25) is 5.02 Å². The molecular formula is C15H20BrClO. The quantitative estimate of drug-likeness (QED) is 0.679. The summed E-state index contributed by atoms with van der Waals surface area (Å²) < 4.78 is 6.07. The van der Waals surface area contributed by atoms with Crippen LogP contribution in [0.4, 0.5) is 0 Å². The Hall–Kier alpha value is -0.0500. The molecule has 1 aliphatic carbocycles. The van der Waals surface area contributed by atoms with E-state index in [9.17, 15) is 0 Å². The molecular weight excluding hydrogens is 312 g/mol. The largest absolute Gasteiger partial charge is 0.372 e. The lowest BCUT2D eigenvalue weighted by Crippen LogP contribution is -2.25. The van der Waals surface area contributed by atoms with Crippen molar-refractivity contribution in [3.05, 3.63) is 34.9 Å². The van der Waals surface area contributed by atoms with E-state index in [1.807, 2.05) is 24.3 Å². The Labute approximate surface area is 123 Å². The van der Waals surface area contributed by atoms with E-state index in [1.165, 1.54) is 44.1 Å². The molecule has 1 aliphatic rings. The van der Waals surface area contributed by atoms with Crippen molar-refractivity contribution in [2.24, 2.45) is 0 Å². The molecule has 1 aromatic rings. The van der Waals surface area contributed by atoms with Crippen LogP contribution in [-0.2, 0) is 11.3 Å². The van der Waals surface area contributed by atoms with Gasteiger partial charge in [-0.15, -0.1) is 0 Å². The summed E-state index contributed by atoms with van der Waals surface area (Å²) in [5.41, 5.74) is 1.20. The molecule has 2 unspecified atom stereocenters. The molecule has 0 heterocycles. The fraction of sp³-hybridized carbons (Fsp3) is 0.600. The maximum absolute atomic E-state index is 6.07. The third-order valence-corrected chi connectivity index (χ3v) is 4.80. The second-order valence-corrected chi connectivity index (χ2v) is 6.60. The van der Waals surface area contributed by atoms with Crippen LogP contribution in [0.1, 0.15) is 44.1 Å². The normalized spacial score (nSPS) is 25.4. The first-order chi connectivity index (χ1) is 8.75. The molecule has 0 saturated heterocycles. The summed E-state index contributed by atoms with van der Waals surface area (Å²) in [6.07, 6.45) is 8.06. The van der Waals surface area contributed by atoms with Crippen molar-refractivity contribution in [3.63, 3.8) is 0 Å². The monoisotopic (exact) mass is 330 g/mol. The molecule has 0 spiro atoms. The van der Waals surface area contributed by atoms with Gasteiger partial charge in [-0.25, -0.2) is 0 Å². The molecule has 100 valence electrons. The van der Waals surface area contributed by atoms with Crippen LogP contribution in [0.3, 0.4) is 0 Å². The van der Waals surface area contributed by atoms with Gasteiger partial charge in [-0.3, -0.25) is 0 Å². The average Bonchev–Trinajstić information content (AvgIpc) is 2.36. The molecule has 3 heteroatoms. The van der Waals surface area contributed by atoms with Crippen molar-refractivity contribution < 1.29 is 4.74 Å². The fourth-order valence-corrected chi connectivity index (χ4v) is 3.24. The van der Waals surface area contributed by atoms with Gasteiger partial charge < -0.3 is 4.74 Å². The zero-order chi connectivity index (χ0) is 12.8. The number of ether oxygens (including phenoxy) is 1. The zero-order valence-electron chi connectivity index (χ0n) is 10.6. The predicted octanol–water partition coefficient (Wildman–Crippen LogP) is 5.34. The van der Waals surface area contributed by atoms with E-state index in [0.29, 0.717) is 17.5 Å². The molecule has 1 nitrogen and oxygen atoms in total. The minimum atomic E-state index is 0.348. The van der Waals surface area contributed by atoms with Gasteiger partial charge in [-0.2, -0.15) is 0 Å². The van der Waals surface area contributed by atoms with E-state index < -0.39 is 0 Å². The third kappa shape index (κ3) is 4.56. The summed E-state index contributed by atoms with van der Waals surface area (Å²) in [7, 11) is 0. The van der Waals surface area contributed by atoms with Gasteiger partial charge >= 0.3 is 0 Å². The topological polar surface area (TPSA) is 9.23 Å². The summed E-state index contributed by atoms with van der Waals surface area (Å²) in [5.74, 6) is 0. The Morgan fingerprint density at radius 2 is 1.72 bits per heavy atom. The van der Waals surface area contributed by atoms with Crippen molar-refractivity contribution in [2.75, 3.05) is 0 Å². The maximum Gasteiger partial charge on any atom is 0.0721 e. The minimum Gasteiger partial charge on any atom is -0.372 e. The van der Waals surface area contributed by atoms with Crippen molar-refractivity contribution in [1.29, 1.82) is 0 Å². The predicted molar refractivity (Wildman–Crippen MR) is 80.4 cm³/mol. The second kappa shape index (κ2) is 7.52. The van der Waals surface area contributed by atoms with Crippen LogP contribution in [0, 0.1) is 0 Å². The highest BCUT2D eigenvalue weighted by atomic mass is 79.9. The van der Waals surface area contributed by atoms with Crippen LogP contribution in [-0.4, -0.2) is 10.9 Å². The van der Waals surface area contributed by atoms with E-state index >= 15 is 0 Å². The molecule has 1 aromatic carbocycles. The molecule has 2 rings (SSSR count). The van der Waals surface area contributed by atoms with Crippen LogP contribution in [0.25, 0.3) is 0 Å². The van der Waals surface area contributed by atoms with Gasteiger partial charge in [-0.05, 0) is 30.5 Å². The van der Waals surface area contributed by atoms with Gasteiger partial charge in [0.25, 0.3) is 0 Å². The van der Waals surface area contributed by atoms with Crippen molar-refractivity contribution in [3.8, 4) is 0 Å². The standard InChI is InChI=1S/C15H20BrClO/c16-14-5-3-1-2-4-6-15(14)18-11-12-7-9-13(17)10-8-12/h7-10,14-15H,1-6,11H2. The summed E-state index contributed by atoms with van der Waals surface area (Å²) in [6, 6.07) is 7.91. The molecule has 0 amide bonds. The Bertz CT molecular complexity index is 352. The van der Waals surface area contributed by atoms with Crippen LogP contribution in [0.5, 0.6) is 0 Å². The molecule has 1 saturated carbocycles. The second-order valence-electron chi connectivity index (χ2n) is 4.98. The van der Waals surface area contributed by atoms with Gasteiger partial charge in [-0.1, -0.05) is 65.3 Å². The van der Waals surface area contributed by atoms with Gasteiger partial charge in [0.1, 0.15) is 0 Å². The number of benzene rings is 1. The third-order valence-electron chi connectivity index (χ3n) is 3.50. The van der Waals surface area contributed by atoms with Crippen LogP contribution < -0.4 is 0 Å². The molecule has 1 fully saturated rings. The first-order valence-electron chi connectivity index (χ1n) is 6.76. The lowest BCUT2D eigenvalue weighted by Gasteiger charge is -2.25. The molecule has 18 heavy (non-hydrogen) atoms. The first-order valence-corrected chi connectivity index (χ1v) is 8.05. The van der Waals surface area contributed by atoms with Gasteiger partial charge in [0.15, 0.2) is 0 Å². The number of rotatable bonds is 3. The van der Waals surface area contributed by atoms with Crippen LogP contribution >= 0.6 is 27.5 Å². The van der Waals surface area contributed by atoms with E-state index in [4.69, 9.17) is 16.3 Å². The number of halogens is 2. The Morgan fingerprint density at radius 3 is 2.44 bits per heavy atom. The smallest absolute Gasteiger partial charge is 0.0721 e. The first kappa shape index (κ1) is 14.4. The summed E-state index contributed by atoms with van der Waals surface area (Å²) in [4.78, 5) is 0.505. The number of alkyl halides is 1. The van der Waals surface area contributed by atoms with E-state index in [0.717, 1.165) is 5.02 Å². The highest BCUT2D eigenvalue weighted by Crippen LogP contribution is 2.26. The van der Waals surface area contributed by atoms with Crippen LogP contribution in [0.15, 0.2) is 24.3 Å². The fourth-order valence-electron chi connectivity index (χ4n) is 2.38. The summed E-state index contributed by atoms with van der Waals surface area (Å²) in [6.45, 7) is 0.684. The maximum atomic E-state index is 6.07. The van der Waals surface area contributed by atoms with E-state index in [-0.39, 0.29) is 0 Å². The number of hydrogen-bond acceptors (Lipinski definition) is 1. The van der Waals surface area contributed by atoms with E-state index in [2.05, 4.69) is 15.9 Å². The lowest BCUT2D eigenvalue weighted by molar-refractivity contribution is 0.0291. The Balaban J connectivity index is 1.85. The molecule has 0 N–H and O–H groups in total. The molecule has 0 radical (unpaired) electrons. The molecule has 0 bridgehead atoms. The Kier molecular flexibility index (Phi) is 6.00. The minimum absolute atomic E-state index is 0.348. The summed E-state index contributed by atoms with van der Waals surface area (Å²) >= 11 is 9.65. The van der Waals surface area contributed by atoms with Gasteiger partial charge in [0, 0.05) is 9.85 Å². The highest BCUT2D eigenvalue weighted by molar-refractivity contribution is 9.09. The summed E-state index contributed by atoms with van der Waals surface area (Å²) in [5, 5.41) is 0.781.